The molecule has 0 aromatic carbocycles. The van der Waals surface area contributed by atoms with Crippen LogP contribution in [0.2, 0.25) is 0 Å². The first-order valence-electron chi connectivity index (χ1n) is 7.29. The standard InChI is InChI=1S/C14H27N3O/c1-11-5-4-6-15-13(11)9-14(18)17-8-7-16(3)10-12(17)2/h11-13,15H,4-10H2,1-3H3. The monoisotopic (exact) mass is 253 g/mol. The summed E-state index contributed by atoms with van der Waals surface area (Å²) in [6.07, 6.45) is 3.18. The summed E-state index contributed by atoms with van der Waals surface area (Å²) in [5.74, 6) is 0.965. The number of carbonyl (C=O) groups is 1. The van der Waals surface area contributed by atoms with Gasteiger partial charge in [0.15, 0.2) is 0 Å². The van der Waals surface area contributed by atoms with E-state index < -0.39 is 0 Å². The van der Waals surface area contributed by atoms with Crippen molar-refractivity contribution in [1.29, 1.82) is 0 Å². The molecule has 2 aliphatic heterocycles. The average molecular weight is 253 g/mol. The molecule has 3 unspecified atom stereocenters. The molecule has 1 amide bonds. The Morgan fingerprint density at radius 3 is 2.78 bits per heavy atom. The fraction of sp³-hybridized carbons (Fsp3) is 0.929. The summed E-state index contributed by atoms with van der Waals surface area (Å²) in [4.78, 5) is 16.8. The van der Waals surface area contributed by atoms with E-state index in [1.165, 1.54) is 12.8 Å². The van der Waals surface area contributed by atoms with Crippen molar-refractivity contribution in [2.24, 2.45) is 5.92 Å². The first-order chi connectivity index (χ1) is 8.58. The highest BCUT2D eigenvalue weighted by molar-refractivity contribution is 5.77. The molecule has 1 N–H and O–H groups in total. The highest BCUT2D eigenvalue weighted by atomic mass is 16.2. The van der Waals surface area contributed by atoms with Crippen LogP contribution in [0, 0.1) is 5.92 Å². The Hall–Kier alpha value is -0.610. The van der Waals surface area contributed by atoms with Crippen molar-refractivity contribution in [3.63, 3.8) is 0 Å². The lowest BCUT2D eigenvalue weighted by Gasteiger charge is -2.39. The van der Waals surface area contributed by atoms with Crippen LogP contribution in [0.5, 0.6) is 0 Å². The Balaban J connectivity index is 1.87. The lowest BCUT2D eigenvalue weighted by Crippen LogP contribution is -2.54. The molecule has 2 rings (SSSR count). The third kappa shape index (κ3) is 3.23. The van der Waals surface area contributed by atoms with Crippen molar-refractivity contribution in [1.82, 2.24) is 15.1 Å². The molecular formula is C14H27N3O. The third-order valence-electron chi connectivity index (χ3n) is 4.48. The second kappa shape index (κ2) is 6.02. The van der Waals surface area contributed by atoms with Crippen LogP contribution >= 0.6 is 0 Å². The van der Waals surface area contributed by atoms with Gasteiger partial charge in [0.1, 0.15) is 0 Å². The average Bonchev–Trinajstić information content (AvgIpc) is 2.32. The van der Waals surface area contributed by atoms with Crippen LogP contribution in [0.4, 0.5) is 0 Å². The lowest BCUT2D eigenvalue weighted by molar-refractivity contribution is -0.136. The Morgan fingerprint density at radius 2 is 2.11 bits per heavy atom. The molecule has 18 heavy (non-hydrogen) atoms. The van der Waals surface area contributed by atoms with Crippen LogP contribution in [-0.2, 0) is 4.79 Å². The van der Waals surface area contributed by atoms with E-state index in [9.17, 15) is 4.79 Å². The van der Waals surface area contributed by atoms with Crippen molar-refractivity contribution in [3.8, 4) is 0 Å². The predicted octanol–water partition coefficient (Wildman–Crippen LogP) is 0.927. The molecule has 0 spiro atoms. The molecule has 2 saturated heterocycles. The highest BCUT2D eigenvalue weighted by Gasteiger charge is 2.29. The van der Waals surface area contributed by atoms with Gasteiger partial charge in [-0.25, -0.2) is 0 Å². The molecule has 0 radical (unpaired) electrons. The molecule has 2 heterocycles. The molecule has 0 aromatic rings. The molecule has 4 nitrogen and oxygen atoms in total. The van der Waals surface area contributed by atoms with E-state index in [-0.39, 0.29) is 0 Å². The van der Waals surface area contributed by atoms with Crippen LogP contribution in [0.25, 0.3) is 0 Å². The highest BCUT2D eigenvalue weighted by Crippen LogP contribution is 2.20. The minimum absolute atomic E-state index is 0.335. The van der Waals surface area contributed by atoms with E-state index in [2.05, 4.69) is 36.0 Å². The maximum absolute atomic E-state index is 12.4. The summed E-state index contributed by atoms with van der Waals surface area (Å²) in [7, 11) is 2.13. The van der Waals surface area contributed by atoms with Gasteiger partial charge in [0.05, 0.1) is 0 Å². The second-order valence-corrected chi connectivity index (χ2v) is 6.08. The number of nitrogens with one attached hydrogen (secondary N) is 1. The Labute approximate surface area is 111 Å². The summed E-state index contributed by atoms with van der Waals surface area (Å²) < 4.78 is 0. The summed E-state index contributed by atoms with van der Waals surface area (Å²) in [6.45, 7) is 8.38. The Bertz CT molecular complexity index is 295. The van der Waals surface area contributed by atoms with Crippen LogP contribution in [0.3, 0.4) is 0 Å². The quantitative estimate of drug-likeness (QED) is 0.795. The lowest BCUT2D eigenvalue weighted by atomic mass is 9.90. The van der Waals surface area contributed by atoms with E-state index in [1.807, 2.05) is 0 Å². The molecule has 3 atom stereocenters. The fourth-order valence-electron chi connectivity index (χ4n) is 3.20. The molecule has 0 saturated carbocycles. The van der Waals surface area contributed by atoms with Crippen LogP contribution in [0.15, 0.2) is 0 Å². The van der Waals surface area contributed by atoms with Crippen LogP contribution < -0.4 is 5.32 Å². The van der Waals surface area contributed by atoms with Gasteiger partial charge in [0.25, 0.3) is 0 Å². The van der Waals surface area contributed by atoms with E-state index in [0.29, 0.717) is 30.3 Å². The van der Waals surface area contributed by atoms with Gasteiger partial charge in [-0.3, -0.25) is 4.79 Å². The minimum Gasteiger partial charge on any atom is -0.337 e. The number of likely N-dealkylation sites (N-methyl/N-ethyl adjacent to an activating group) is 1. The topological polar surface area (TPSA) is 35.6 Å². The molecule has 0 bridgehead atoms. The second-order valence-electron chi connectivity index (χ2n) is 6.08. The Morgan fingerprint density at radius 1 is 1.33 bits per heavy atom. The minimum atomic E-state index is 0.335. The van der Waals surface area contributed by atoms with Gasteiger partial charge in [-0.15, -0.1) is 0 Å². The molecule has 0 aromatic heterocycles. The summed E-state index contributed by atoms with van der Waals surface area (Å²) in [5.41, 5.74) is 0. The summed E-state index contributed by atoms with van der Waals surface area (Å²) >= 11 is 0. The molecule has 4 heteroatoms. The van der Waals surface area contributed by atoms with Crippen molar-refractivity contribution in [3.05, 3.63) is 0 Å². The van der Waals surface area contributed by atoms with Crippen molar-refractivity contribution >= 4 is 5.91 Å². The third-order valence-corrected chi connectivity index (χ3v) is 4.48. The molecule has 2 fully saturated rings. The van der Waals surface area contributed by atoms with Crippen molar-refractivity contribution in [2.75, 3.05) is 33.2 Å². The van der Waals surface area contributed by atoms with Crippen LogP contribution in [-0.4, -0.2) is 61.0 Å². The van der Waals surface area contributed by atoms with E-state index in [1.54, 1.807) is 0 Å². The normalized spacial score (nSPS) is 34.6. The van der Waals surface area contributed by atoms with Gasteiger partial charge >= 0.3 is 0 Å². The van der Waals surface area contributed by atoms with E-state index in [0.717, 1.165) is 26.2 Å². The smallest absolute Gasteiger partial charge is 0.224 e. The summed E-state index contributed by atoms with van der Waals surface area (Å²) in [5, 5.41) is 3.50. The van der Waals surface area contributed by atoms with Gasteiger partial charge < -0.3 is 15.1 Å². The van der Waals surface area contributed by atoms with Gasteiger partial charge in [0, 0.05) is 38.1 Å². The van der Waals surface area contributed by atoms with E-state index in [4.69, 9.17) is 0 Å². The number of piperazine rings is 1. The number of rotatable bonds is 2. The van der Waals surface area contributed by atoms with Crippen molar-refractivity contribution < 1.29 is 4.79 Å². The zero-order chi connectivity index (χ0) is 13.1. The number of hydrogen-bond acceptors (Lipinski definition) is 3. The van der Waals surface area contributed by atoms with E-state index >= 15 is 0 Å². The molecule has 0 aliphatic carbocycles. The first kappa shape index (κ1) is 13.8. The summed E-state index contributed by atoms with van der Waals surface area (Å²) in [6, 6.07) is 0.744. The predicted molar refractivity (Wildman–Crippen MR) is 73.5 cm³/mol. The number of amides is 1. The first-order valence-corrected chi connectivity index (χ1v) is 7.29. The zero-order valence-corrected chi connectivity index (χ0v) is 12.0. The molecule has 2 aliphatic rings. The maximum Gasteiger partial charge on any atom is 0.224 e. The fourth-order valence-corrected chi connectivity index (χ4v) is 3.20. The van der Waals surface area contributed by atoms with Gasteiger partial charge in [-0.05, 0) is 39.3 Å². The number of piperidine rings is 1. The van der Waals surface area contributed by atoms with Crippen molar-refractivity contribution in [2.45, 2.75) is 45.2 Å². The van der Waals surface area contributed by atoms with Crippen LogP contribution in [0.1, 0.15) is 33.1 Å². The van der Waals surface area contributed by atoms with Gasteiger partial charge in [-0.2, -0.15) is 0 Å². The SMILES string of the molecule is CC1CCCNC1CC(=O)N1CCN(C)CC1C. The zero-order valence-electron chi connectivity index (χ0n) is 12.0. The number of nitrogens with zero attached hydrogens (tertiary/aromatic N) is 2. The maximum atomic E-state index is 12.4. The molecular weight excluding hydrogens is 226 g/mol. The molecule has 104 valence electrons. The number of hydrogen-bond donors (Lipinski definition) is 1. The van der Waals surface area contributed by atoms with Gasteiger partial charge in [-0.1, -0.05) is 6.92 Å². The van der Waals surface area contributed by atoms with Gasteiger partial charge in [0.2, 0.25) is 5.91 Å². The largest absolute Gasteiger partial charge is 0.337 e. The number of carbonyl (C=O) groups excluding carboxylic acids is 1. The Kier molecular flexibility index (Phi) is 4.62.